The number of anilines is 1. The Bertz CT molecular complexity index is 665. The summed E-state index contributed by atoms with van der Waals surface area (Å²) in [5.41, 5.74) is 14.1. The zero-order valence-corrected chi connectivity index (χ0v) is 12.1. The fourth-order valence-corrected chi connectivity index (χ4v) is 3.86. The zero-order chi connectivity index (χ0) is 15.9. The number of amides is 1. The molecule has 10 heteroatoms. The van der Waals surface area contributed by atoms with Crippen molar-refractivity contribution in [2.45, 2.75) is 24.9 Å². The molecule has 1 heterocycles. The third-order valence-corrected chi connectivity index (χ3v) is 4.70. The molecule has 3 rings (SSSR count). The largest absolute Gasteiger partial charge is 0.369 e. The first kappa shape index (κ1) is 14.8. The van der Waals surface area contributed by atoms with Crippen LogP contribution < -0.4 is 11.1 Å². The molecule has 116 valence electrons. The van der Waals surface area contributed by atoms with Crippen LogP contribution in [0.25, 0.3) is 10.4 Å². The molecule has 1 amide bonds. The van der Waals surface area contributed by atoms with Gasteiger partial charge in [0.1, 0.15) is 0 Å². The van der Waals surface area contributed by atoms with E-state index in [-0.39, 0.29) is 35.0 Å². The van der Waals surface area contributed by atoms with Gasteiger partial charge in [0.2, 0.25) is 11.2 Å². The van der Waals surface area contributed by atoms with E-state index in [1.54, 1.807) is 0 Å². The zero-order valence-electron chi connectivity index (χ0n) is 11.4. The molecule has 0 saturated heterocycles. The van der Waals surface area contributed by atoms with Crippen molar-refractivity contribution in [2.24, 2.45) is 28.6 Å². The van der Waals surface area contributed by atoms with Crippen LogP contribution in [0.1, 0.15) is 12.8 Å². The highest BCUT2D eigenvalue weighted by molar-refractivity contribution is 6.28. The van der Waals surface area contributed by atoms with Crippen LogP contribution in [0.3, 0.4) is 0 Å². The van der Waals surface area contributed by atoms with Gasteiger partial charge >= 0.3 is 0 Å². The van der Waals surface area contributed by atoms with Crippen molar-refractivity contribution in [3.8, 4) is 0 Å². The number of nitrogens with zero attached hydrogens (tertiary/aromatic N) is 5. The van der Waals surface area contributed by atoms with Crippen molar-refractivity contribution in [3.05, 3.63) is 27.7 Å². The molecule has 2 aliphatic rings. The lowest BCUT2D eigenvalue weighted by atomic mass is 9.81. The third-order valence-electron chi connectivity index (χ3n) is 4.52. The van der Waals surface area contributed by atoms with Gasteiger partial charge in [-0.2, -0.15) is 4.98 Å². The number of nitrogens with one attached hydrogen (secondary N) is 1. The first-order valence-corrected chi connectivity index (χ1v) is 7.17. The molecule has 2 saturated carbocycles. The minimum atomic E-state index is -0.651. The smallest absolute Gasteiger partial charge is 0.224 e. The molecule has 1 aromatic heterocycles. The summed E-state index contributed by atoms with van der Waals surface area (Å²) in [6.45, 7) is 0. The van der Waals surface area contributed by atoms with Gasteiger partial charge < -0.3 is 11.1 Å². The van der Waals surface area contributed by atoms with E-state index in [9.17, 15) is 9.18 Å². The van der Waals surface area contributed by atoms with Gasteiger partial charge in [-0.15, -0.1) is 0 Å². The predicted octanol–water partition coefficient (Wildman–Crippen LogP) is 1.87. The van der Waals surface area contributed by atoms with Gasteiger partial charge in [0.15, 0.2) is 11.6 Å². The molecule has 3 N–H and O–H groups in total. The molecule has 0 unspecified atom stereocenters. The molecule has 0 radical (unpaired) electrons. The molecule has 0 spiro atoms. The van der Waals surface area contributed by atoms with Gasteiger partial charge in [-0.05, 0) is 41.8 Å². The van der Waals surface area contributed by atoms with Gasteiger partial charge in [-0.3, -0.25) is 4.79 Å². The normalized spacial score (nSPS) is 32.5. The van der Waals surface area contributed by atoms with Crippen LogP contribution in [-0.4, -0.2) is 28.0 Å². The molecule has 8 nitrogen and oxygen atoms in total. The minimum Gasteiger partial charge on any atom is -0.369 e. The molecule has 0 aliphatic heterocycles. The van der Waals surface area contributed by atoms with Gasteiger partial charge in [0, 0.05) is 17.0 Å². The monoisotopic (exact) mass is 325 g/mol. The summed E-state index contributed by atoms with van der Waals surface area (Å²) < 4.78 is 13.8. The Morgan fingerprint density at radius 2 is 2.36 bits per heavy atom. The van der Waals surface area contributed by atoms with E-state index < -0.39 is 17.6 Å². The number of carbonyl (C=O) groups is 1. The Morgan fingerprint density at radius 3 is 3.05 bits per heavy atom. The van der Waals surface area contributed by atoms with Gasteiger partial charge in [-0.25, -0.2) is 9.37 Å². The number of aromatic nitrogens is 2. The lowest BCUT2D eigenvalue weighted by Crippen LogP contribution is -2.46. The number of halogens is 2. The number of rotatable bonds is 4. The molecule has 2 fully saturated rings. The molecular formula is C12H13ClFN7O. The number of hydrogen-bond acceptors (Lipinski definition) is 5. The van der Waals surface area contributed by atoms with Crippen LogP contribution in [-0.2, 0) is 4.79 Å². The highest BCUT2D eigenvalue weighted by Crippen LogP contribution is 2.50. The van der Waals surface area contributed by atoms with Crippen molar-refractivity contribution in [3.63, 3.8) is 0 Å². The van der Waals surface area contributed by atoms with E-state index in [0.717, 1.165) is 6.20 Å². The van der Waals surface area contributed by atoms with Gasteiger partial charge in [-0.1, -0.05) is 5.11 Å². The predicted molar refractivity (Wildman–Crippen MR) is 76.2 cm³/mol. The van der Waals surface area contributed by atoms with Gasteiger partial charge in [0.05, 0.1) is 12.1 Å². The van der Waals surface area contributed by atoms with Crippen molar-refractivity contribution >= 4 is 23.3 Å². The van der Waals surface area contributed by atoms with Crippen molar-refractivity contribution < 1.29 is 9.18 Å². The van der Waals surface area contributed by atoms with Crippen LogP contribution in [0.4, 0.5) is 10.2 Å². The summed E-state index contributed by atoms with van der Waals surface area (Å²) in [6, 6.07) is -0.600. The Hall–Kier alpha value is -2.12. The van der Waals surface area contributed by atoms with Crippen LogP contribution in [0.15, 0.2) is 11.3 Å². The number of carbonyl (C=O) groups excluding carboxylic acids is 1. The molecule has 2 bridgehead atoms. The standard InChI is InChI=1S/C12H13ClFN7O/c13-12-17-3-6(14)11(19-12)18-9-4-1-5(8(9)10(15)22)7(2-4)20-21-16/h3-5,7-9H,1-2H2,(H2,15,22)(H,17,18,19)/t4-,5+,7+,8+,9-/m1/s1. The van der Waals surface area contributed by atoms with Crippen LogP contribution in [0.2, 0.25) is 5.28 Å². The SMILES string of the molecule is [N-]=[N+]=N[C@H]1C[C@H]2C[C@@H]1[C@H](C(N)=O)[C@@H]2Nc1nc(Cl)ncc1F. The topological polar surface area (TPSA) is 130 Å². The average molecular weight is 326 g/mol. The van der Waals surface area contributed by atoms with Crippen LogP contribution in [0, 0.1) is 23.6 Å². The maximum atomic E-state index is 13.8. The summed E-state index contributed by atoms with van der Waals surface area (Å²) in [6.07, 6.45) is 2.30. The number of primary amides is 1. The maximum absolute atomic E-state index is 13.8. The second kappa shape index (κ2) is 5.58. The number of fused-ring (bicyclic) bond motifs is 2. The van der Waals surface area contributed by atoms with E-state index in [4.69, 9.17) is 22.9 Å². The summed E-state index contributed by atoms with van der Waals surface area (Å²) in [5.74, 6) is -1.81. The highest BCUT2D eigenvalue weighted by Gasteiger charge is 2.54. The Balaban J connectivity index is 1.86. The molecular weight excluding hydrogens is 313 g/mol. The summed E-state index contributed by atoms with van der Waals surface area (Å²) in [7, 11) is 0. The minimum absolute atomic E-state index is 0.0517. The quantitative estimate of drug-likeness (QED) is 0.378. The lowest BCUT2D eigenvalue weighted by Gasteiger charge is -2.33. The highest BCUT2D eigenvalue weighted by atomic mass is 35.5. The Labute approximate surface area is 129 Å². The fourth-order valence-electron chi connectivity index (χ4n) is 3.73. The third kappa shape index (κ3) is 2.42. The fraction of sp³-hybridized carbons (Fsp3) is 0.583. The van der Waals surface area contributed by atoms with E-state index in [0.29, 0.717) is 12.8 Å². The van der Waals surface area contributed by atoms with Crippen LogP contribution in [0.5, 0.6) is 0 Å². The molecule has 22 heavy (non-hydrogen) atoms. The molecule has 1 aromatic rings. The molecule has 2 aliphatic carbocycles. The second-order valence-electron chi connectivity index (χ2n) is 5.60. The van der Waals surface area contributed by atoms with E-state index in [2.05, 4.69) is 25.3 Å². The van der Waals surface area contributed by atoms with E-state index in [1.165, 1.54) is 0 Å². The second-order valence-corrected chi connectivity index (χ2v) is 5.94. The first-order valence-electron chi connectivity index (χ1n) is 6.79. The summed E-state index contributed by atoms with van der Waals surface area (Å²) in [4.78, 5) is 22.0. The van der Waals surface area contributed by atoms with Crippen molar-refractivity contribution in [1.29, 1.82) is 0 Å². The lowest BCUT2D eigenvalue weighted by molar-refractivity contribution is -0.123. The van der Waals surface area contributed by atoms with E-state index >= 15 is 0 Å². The number of azide groups is 1. The number of hydrogen-bond donors (Lipinski definition) is 2. The van der Waals surface area contributed by atoms with E-state index in [1.807, 2.05) is 0 Å². The average Bonchev–Trinajstić information content (AvgIpc) is 3.01. The Morgan fingerprint density at radius 1 is 1.59 bits per heavy atom. The molecule has 0 aromatic carbocycles. The van der Waals surface area contributed by atoms with Crippen LogP contribution >= 0.6 is 11.6 Å². The number of nitrogens with two attached hydrogens (primary N) is 1. The summed E-state index contributed by atoms with van der Waals surface area (Å²) in [5, 5.41) is 6.58. The summed E-state index contributed by atoms with van der Waals surface area (Å²) >= 11 is 5.67. The Kier molecular flexibility index (Phi) is 3.76. The molecule has 5 atom stereocenters. The first-order chi connectivity index (χ1) is 10.5. The van der Waals surface area contributed by atoms with Crippen molar-refractivity contribution in [1.82, 2.24) is 9.97 Å². The van der Waals surface area contributed by atoms with Gasteiger partial charge in [0.25, 0.3) is 0 Å². The van der Waals surface area contributed by atoms with Crippen molar-refractivity contribution in [2.75, 3.05) is 5.32 Å². The maximum Gasteiger partial charge on any atom is 0.224 e.